The van der Waals surface area contributed by atoms with Crippen molar-refractivity contribution in [1.82, 2.24) is 15.3 Å². The summed E-state index contributed by atoms with van der Waals surface area (Å²) < 4.78 is 38.8. The molecule has 1 N–H and O–H groups in total. The first-order chi connectivity index (χ1) is 11.4. The monoisotopic (exact) mass is 331 g/mol. The summed E-state index contributed by atoms with van der Waals surface area (Å²) in [5.74, 6) is -0.830. The summed E-state index contributed by atoms with van der Waals surface area (Å²) in [6, 6.07) is 10.1. The number of hydrogen-bond acceptors (Lipinski definition) is 3. The van der Waals surface area contributed by atoms with Crippen LogP contribution in [0.5, 0.6) is 0 Å². The largest absolute Gasteiger partial charge is 0.417 e. The number of aromatic nitrogens is 2. The summed E-state index contributed by atoms with van der Waals surface area (Å²) in [4.78, 5) is 19.9. The number of benzene rings is 1. The first kappa shape index (κ1) is 15.9. The normalized spacial score (nSPS) is 11.5. The van der Waals surface area contributed by atoms with Crippen molar-refractivity contribution in [1.29, 1.82) is 0 Å². The minimum absolute atomic E-state index is 0.0723. The molecule has 4 nitrogen and oxygen atoms in total. The number of alkyl halides is 3. The van der Waals surface area contributed by atoms with Crippen LogP contribution in [0.4, 0.5) is 13.2 Å². The summed E-state index contributed by atoms with van der Waals surface area (Å²) in [6.07, 6.45) is -1.11. The molecular formula is C17H12F3N3O. The van der Waals surface area contributed by atoms with E-state index in [1.807, 2.05) is 30.3 Å². The van der Waals surface area contributed by atoms with E-state index in [1.165, 1.54) is 0 Å². The number of nitrogens with zero attached hydrogens (tertiary/aromatic N) is 2. The molecule has 0 aliphatic heterocycles. The number of rotatable bonds is 3. The number of para-hydroxylation sites is 1. The van der Waals surface area contributed by atoms with Gasteiger partial charge in [-0.05, 0) is 23.8 Å². The van der Waals surface area contributed by atoms with Crippen molar-refractivity contribution in [3.8, 4) is 0 Å². The first-order valence-corrected chi connectivity index (χ1v) is 7.08. The minimum atomic E-state index is -4.61. The van der Waals surface area contributed by atoms with Crippen LogP contribution in [-0.2, 0) is 12.7 Å². The third-order valence-electron chi connectivity index (χ3n) is 3.47. The molecule has 0 atom stereocenters. The Morgan fingerprint density at radius 1 is 1.12 bits per heavy atom. The van der Waals surface area contributed by atoms with Crippen LogP contribution in [0.2, 0.25) is 0 Å². The number of hydrogen-bond donors (Lipinski definition) is 1. The van der Waals surface area contributed by atoms with Gasteiger partial charge in [-0.15, -0.1) is 0 Å². The molecule has 1 amide bonds. The predicted octanol–water partition coefficient (Wildman–Crippen LogP) is 3.58. The molecule has 2 aromatic heterocycles. The molecule has 0 fully saturated rings. The quantitative estimate of drug-likeness (QED) is 0.798. The van der Waals surface area contributed by atoms with Crippen molar-refractivity contribution < 1.29 is 18.0 Å². The molecule has 0 bridgehead atoms. The highest BCUT2D eigenvalue weighted by atomic mass is 19.4. The Bertz CT molecular complexity index is 893. The van der Waals surface area contributed by atoms with Gasteiger partial charge in [0.1, 0.15) is 0 Å². The Labute approximate surface area is 135 Å². The van der Waals surface area contributed by atoms with E-state index in [1.54, 1.807) is 6.20 Å². The van der Waals surface area contributed by atoms with Crippen LogP contribution in [0, 0.1) is 0 Å². The molecule has 0 aliphatic carbocycles. The van der Waals surface area contributed by atoms with Gasteiger partial charge >= 0.3 is 6.18 Å². The molecule has 0 unspecified atom stereocenters. The highest BCUT2D eigenvalue weighted by Crippen LogP contribution is 2.31. The van der Waals surface area contributed by atoms with Gasteiger partial charge < -0.3 is 5.32 Å². The van der Waals surface area contributed by atoms with Gasteiger partial charge in [0, 0.05) is 30.5 Å². The molecule has 0 spiro atoms. The maximum atomic E-state index is 12.9. The SMILES string of the molecule is O=C(NCc1cnc2ccccc2c1)c1cnccc1C(F)(F)F. The summed E-state index contributed by atoms with van der Waals surface area (Å²) in [5, 5.41) is 3.36. The van der Waals surface area contributed by atoms with Crippen LogP contribution in [-0.4, -0.2) is 15.9 Å². The number of halogens is 3. The van der Waals surface area contributed by atoms with Gasteiger partial charge in [0.05, 0.1) is 16.6 Å². The molecule has 1 aromatic carbocycles. The van der Waals surface area contributed by atoms with Crippen molar-refractivity contribution in [3.05, 3.63) is 71.7 Å². The molecular weight excluding hydrogens is 319 g/mol. The van der Waals surface area contributed by atoms with Gasteiger partial charge in [0.15, 0.2) is 0 Å². The van der Waals surface area contributed by atoms with E-state index in [-0.39, 0.29) is 6.54 Å². The molecule has 3 rings (SSSR count). The summed E-state index contributed by atoms with van der Waals surface area (Å²) >= 11 is 0. The van der Waals surface area contributed by atoms with Gasteiger partial charge in [0.2, 0.25) is 0 Å². The minimum Gasteiger partial charge on any atom is -0.348 e. The fourth-order valence-corrected chi connectivity index (χ4v) is 2.31. The van der Waals surface area contributed by atoms with Crippen molar-refractivity contribution in [2.45, 2.75) is 12.7 Å². The molecule has 0 radical (unpaired) electrons. The number of pyridine rings is 2. The average Bonchev–Trinajstić information content (AvgIpc) is 2.58. The van der Waals surface area contributed by atoms with Crippen LogP contribution < -0.4 is 5.32 Å². The van der Waals surface area contributed by atoms with E-state index in [0.717, 1.165) is 29.4 Å². The van der Waals surface area contributed by atoms with Gasteiger partial charge in [-0.3, -0.25) is 14.8 Å². The fraction of sp³-hybridized carbons (Fsp3) is 0.118. The van der Waals surface area contributed by atoms with Gasteiger partial charge in [0.25, 0.3) is 5.91 Å². The standard InChI is InChI=1S/C17H12F3N3O/c18-17(19,20)14-5-6-21-10-13(14)16(24)23-9-11-7-12-3-1-2-4-15(12)22-8-11/h1-8,10H,9H2,(H,23,24). The second-order valence-electron chi connectivity index (χ2n) is 5.14. The smallest absolute Gasteiger partial charge is 0.348 e. The zero-order valence-corrected chi connectivity index (χ0v) is 12.3. The van der Waals surface area contributed by atoms with Crippen LogP contribution in [0.25, 0.3) is 10.9 Å². The highest BCUT2D eigenvalue weighted by molar-refractivity contribution is 5.95. The first-order valence-electron chi connectivity index (χ1n) is 7.08. The van der Waals surface area contributed by atoms with Crippen molar-refractivity contribution in [2.24, 2.45) is 0 Å². The predicted molar refractivity (Wildman–Crippen MR) is 82.2 cm³/mol. The Kier molecular flexibility index (Phi) is 4.16. The second-order valence-corrected chi connectivity index (χ2v) is 5.14. The highest BCUT2D eigenvalue weighted by Gasteiger charge is 2.35. The average molecular weight is 331 g/mol. The van der Waals surface area contributed by atoms with Crippen LogP contribution in [0.15, 0.2) is 55.0 Å². The number of carbonyl (C=O) groups is 1. The van der Waals surface area contributed by atoms with Crippen LogP contribution in [0.3, 0.4) is 0 Å². The summed E-state index contributed by atoms with van der Waals surface area (Å²) in [6.45, 7) is 0.0723. The van der Waals surface area contributed by atoms with Gasteiger partial charge in [-0.2, -0.15) is 13.2 Å². The van der Waals surface area contributed by atoms with E-state index in [9.17, 15) is 18.0 Å². The van der Waals surface area contributed by atoms with Crippen molar-refractivity contribution >= 4 is 16.8 Å². The Balaban J connectivity index is 1.78. The molecule has 7 heteroatoms. The second kappa shape index (κ2) is 6.27. The molecule has 122 valence electrons. The van der Waals surface area contributed by atoms with Crippen LogP contribution >= 0.6 is 0 Å². The topological polar surface area (TPSA) is 54.9 Å². The zero-order valence-electron chi connectivity index (χ0n) is 12.3. The number of nitrogens with one attached hydrogen (secondary N) is 1. The third-order valence-corrected chi connectivity index (χ3v) is 3.47. The number of amides is 1. The molecule has 3 aromatic rings. The van der Waals surface area contributed by atoms with Crippen LogP contribution in [0.1, 0.15) is 21.5 Å². The van der Waals surface area contributed by atoms with Crippen molar-refractivity contribution in [2.75, 3.05) is 0 Å². The Hall–Kier alpha value is -2.96. The lowest BCUT2D eigenvalue weighted by molar-refractivity contribution is -0.138. The number of fused-ring (bicyclic) bond motifs is 1. The third kappa shape index (κ3) is 3.34. The lowest BCUT2D eigenvalue weighted by atomic mass is 10.1. The lowest BCUT2D eigenvalue weighted by Gasteiger charge is -2.12. The van der Waals surface area contributed by atoms with E-state index in [4.69, 9.17) is 0 Å². The lowest BCUT2D eigenvalue weighted by Crippen LogP contribution is -2.26. The molecule has 0 saturated heterocycles. The maximum Gasteiger partial charge on any atom is 0.417 e. The summed E-state index contributed by atoms with van der Waals surface area (Å²) in [7, 11) is 0. The van der Waals surface area contributed by atoms with Crippen molar-refractivity contribution in [3.63, 3.8) is 0 Å². The van der Waals surface area contributed by atoms with Gasteiger partial charge in [-0.1, -0.05) is 18.2 Å². The van der Waals surface area contributed by atoms with E-state index < -0.39 is 23.2 Å². The maximum absolute atomic E-state index is 12.9. The molecule has 0 saturated carbocycles. The van der Waals surface area contributed by atoms with E-state index in [2.05, 4.69) is 15.3 Å². The van der Waals surface area contributed by atoms with E-state index >= 15 is 0 Å². The number of carbonyl (C=O) groups excluding carboxylic acids is 1. The van der Waals surface area contributed by atoms with Gasteiger partial charge in [-0.25, -0.2) is 0 Å². The Morgan fingerprint density at radius 2 is 1.92 bits per heavy atom. The molecule has 24 heavy (non-hydrogen) atoms. The Morgan fingerprint density at radius 3 is 2.71 bits per heavy atom. The summed E-state index contributed by atoms with van der Waals surface area (Å²) in [5.41, 5.74) is -0.0101. The molecule has 2 heterocycles. The fourth-order valence-electron chi connectivity index (χ4n) is 2.31. The van der Waals surface area contributed by atoms with E-state index in [0.29, 0.717) is 5.56 Å². The molecule has 0 aliphatic rings. The zero-order chi connectivity index (χ0) is 17.2.